The van der Waals surface area contributed by atoms with Crippen molar-refractivity contribution in [1.29, 1.82) is 0 Å². The van der Waals surface area contributed by atoms with E-state index in [-0.39, 0.29) is 16.9 Å². The molecule has 6 nitrogen and oxygen atoms in total. The fourth-order valence-electron chi connectivity index (χ4n) is 3.61. The van der Waals surface area contributed by atoms with E-state index in [1.54, 1.807) is 0 Å². The highest BCUT2D eigenvalue weighted by Gasteiger charge is 2.46. The molecule has 0 bridgehead atoms. The molecule has 1 aliphatic rings. The monoisotopic (exact) mass is 428 g/mol. The average molecular weight is 429 g/mol. The Hall–Kier alpha value is -2.83. The molecule has 0 spiro atoms. The Kier molecular flexibility index (Phi) is 6.48. The Morgan fingerprint density at radius 2 is 1.80 bits per heavy atom. The molecule has 7 heteroatoms. The summed E-state index contributed by atoms with van der Waals surface area (Å²) in [6.07, 6.45) is 0.671. The van der Waals surface area contributed by atoms with E-state index in [4.69, 9.17) is 11.6 Å². The lowest BCUT2D eigenvalue weighted by Gasteiger charge is -2.26. The third-order valence-electron chi connectivity index (χ3n) is 5.15. The number of Topliss-reactive ketones (excluding diaryl/α,β-unsaturated/α-hetero) is 1. The van der Waals surface area contributed by atoms with E-state index in [2.05, 4.69) is 0 Å². The lowest BCUT2D eigenvalue weighted by atomic mass is 9.94. The molecule has 1 aliphatic heterocycles. The van der Waals surface area contributed by atoms with Gasteiger partial charge in [0.2, 0.25) is 0 Å². The number of amides is 1. The van der Waals surface area contributed by atoms with Crippen molar-refractivity contribution in [2.75, 3.05) is 27.2 Å². The molecule has 1 saturated heterocycles. The number of nitrogens with zero attached hydrogens (tertiary/aromatic N) is 2. The maximum Gasteiger partial charge on any atom is 0.295 e. The van der Waals surface area contributed by atoms with E-state index in [9.17, 15) is 19.8 Å². The number of benzene rings is 2. The van der Waals surface area contributed by atoms with Gasteiger partial charge in [0.15, 0.2) is 0 Å². The highest BCUT2D eigenvalue weighted by atomic mass is 35.5. The Bertz CT molecular complexity index is 999. The van der Waals surface area contributed by atoms with Crippen molar-refractivity contribution in [3.05, 3.63) is 69.8 Å². The van der Waals surface area contributed by atoms with Crippen molar-refractivity contribution >= 4 is 29.1 Å². The molecule has 158 valence electrons. The van der Waals surface area contributed by atoms with Gasteiger partial charge in [0.25, 0.3) is 11.7 Å². The molecule has 0 saturated carbocycles. The molecule has 2 aromatic rings. The molecule has 0 aliphatic carbocycles. The molecular weight excluding hydrogens is 404 g/mol. The number of hydrogen-bond acceptors (Lipinski definition) is 5. The first kappa shape index (κ1) is 21.9. The van der Waals surface area contributed by atoms with E-state index in [1.165, 1.54) is 23.1 Å². The topological polar surface area (TPSA) is 81.1 Å². The van der Waals surface area contributed by atoms with Crippen LogP contribution in [0.2, 0.25) is 5.02 Å². The molecule has 30 heavy (non-hydrogen) atoms. The normalized spacial score (nSPS) is 18.4. The fraction of sp³-hybridized carbons (Fsp3) is 0.304. The molecule has 0 radical (unpaired) electrons. The van der Waals surface area contributed by atoms with Crippen LogP contribution in [0.15, 0.2) is 48.0 Å². The molecule has 2 N–H and O–H groups in total. The second-order valence-corrected chi connectivity index (χ2v) is 8.16. The molecule has 1 amide bonds. The zero-order chi connectivity index (χ0) is 22.0. The number of carbonyl (C=O) groups excluding carboxylic acids is 2. The molecule has 0 aromatic heterocycles. The van der Waals surface area contributed by atoms with Crippen LogP contribution in [0.5, 0.6) is 5.75 Å². The zero-order valence-corrected chi connectivity index (χ0v) is 18.0. The van der Waals surface area contributed by atoms with Crippen LogP contribution in [0.25, 0.3) is 5.76 Å². The second kappa shape index (κ2) is 8.90. The predicted molar refractivity (Wildman–Crippen MR) is 116 cm³/mol. The number of rotatable bonds is 6. The maximum absolute atomic E-state index is 12.9. The number of aliphatic hydroxyl groups is 1. The van der Waals surface area contributed by atoms with Gasteiger partial charge in [-0.2, -0.15) is 0 Å². The summed E-state index contributed by atoms with van der Waals surface area (Å²) in [5, 5.41) is 21.5. The number of phenolic OH excluding ortho intramolecular Hbond substituents is 1. The Morgan fingerprint density at radius 1 is 1.13 bits per heavy atom. The molecule has 2 aromatic carbocycles. The van der Waals surface area contributed by atoms with Gasteiger partial charge < -0.3 is 20.0 Å². The van der Waals surface area contributed by atoms with Gasteiger partial charge in [-0.15, -0.1) is 0 Å². The smallest absolute Gasteiger partial charge is 0.295 e. The maximum atomic E-state index is 12.9. The fourth-order valence-corrected chi connectivity index (χ4v) is 3.78. The second-order valence-electron chi connectivity index (χ2n) is 7.72. The Morgan fingerprint density at radius 3 is 2.43 bits per heavy atom. The van der Waals surface area contributed by atoms with Crippen molar-refractivity contribution in [3.63, 3.8) is 0 Å². The quantitative estimate of drug-likeness (QED) is 0.416. The summed E-state index contributed by atoms with van der Waals surface area (Å²) >= 11 is 6.02. The number of halogens is 1. The highest BCUT2D eigenvalue weighted by Crippen LogP contribution is 2.41. The van der Waals surface area contributed by atoms with Crippen LogP contribution in [-0.4, -0.2) is 58.9 Å². The lowest BCUT2D eigenvalue weighted by Crippen LogP contribution is -2.32. The minimum atomic E-state index is -0.776. The molecular formula is C23H25ClN2O4. The summed E-state index contributed by atoms with van der Waals surface area (Å²) in [4.78, 5) is 29.3. The average Bonchev–Trinajstić information content (AvgIpc) is 2.94. The van der Waals surface area contributed by atoms with Crippen LogP contribution >= 0.6 is 11.6 Å². The van der Waals surface area contributed by atoms with Gasteiger partial charge >= 0.3 is 0 Å². The van der Waals surface area contributed by atoms with Crippen molar-refractivity contribution in [2.45, 2.75) is 19.4 Å². The number of ketones is 1. The van der Waals surface area contributed by atoms with Gasteiger partial charge in [0.1, 0.15) is 11.5 Å². The number of aryl methyl sites for hydroxylation is 1. The van der Waals surface area contributed by atoms with Gasteiger partial charge in [-0.1, -0.05) is 41.4 Å². The highest BCUT2D eigenvalue weighted by molar-refractivity contribution is 6.46. The van der Waals surface area contributed by atoms with Crippen molar-refractivity contribution < 1.29 is 19.8 Å². The van der Waals surface area contributed by atoms with Crippen LogP contribution < -0.4 is 0 Å². The minimum Gasteiger partial charge on any atom is -0.507 e. The van der Waals surface area contributed by atoms with Crippen molar-refractivity contribution in [2.24, 2.45) is 0 Å². The summed E-state index contributed by atoms with van der Waals surface area (Å²) in [7, 11) is 3.88. The van der Waals surface area contributed by atoms with Crippen LogP contribution in [0, 0.1) is 6.92 Å². The molecule has 1 fully saturated rings. The number of carbonyl (C=O) groups is 2. The van der Waals surface area contributed by atoms with Gasteiger partial charge in [-0.25, -0.2) is 0 Å². The van der Waals surface area contributed by atoms with Gasteiger partial charge in [-0.05, 0) is 57.7 Å². The Labute approximate surface area is 181 Å². The summed E-state index contributed by atoms with van der Waals surface area (Å²) in [6.45, 7) is 3.06. The van der Waals surface area contributed by atoms with Gasteiger partial charge in [0, 0.05) is 11.6 Å². The van der Waals surface area contributed by atoms with Gasteiger partial charge in [-0.3, -0.25) is 9.59 Å². The SMILES string of the molecule is Cc1ccc(C2/C(=C(\O)c3cc(Cl)ccc3O)C(=O)C(=O)N2CCCN(C)C)cc1. The largest absolute Gasteiger partial charge is 0.507 e. The molecule has 1 atom stereocenters. The van der Waals surface area contributed by atoms with E-state index in [0.29, 0.717) is 23.6 Å². The van der Waals surface area contributed by atoms with Crippen LogP contribution in [0.3, 0.4) is 0 Å². The standard InChI is InChI=1S/C23H25ClN2O4/c1-14-5-7-15(8-6-14)20-19(21(28)17-13-16(24)9-10-18(17)27)22(29)23(30)26(20)12-4-11-25(2)3/h5-10,13,20,27-28H,4,11-12H2,1-3H3/b21-19+. The number of aliphatic hydroxyl groups excluding tert-OH is 1. The van der Waals surface area contributed by atoms with Crippen LogP contribution in [0.4, 0.5) is 0 Å². The third kappa shape index (κ3) is 4.35. The first-order valence-corrected chi connectivity index (χ1v) is 10.1. The van der Waals surface area contributed by atoms with Crippen LogP contribution in [0.1, 0.15) is 29.2 Å². The zero-order valence-electron chi connectivity index (χ0n) is 17.2. The molecule has 3 rings (SSSR count). The van der Waals surface area contributed by atoms with Crippen LogP contribution in [-0.2, 0) is 9.59 Å². The van der Waals surface area contributed by atoms with E-state index < -0.39 is 23.5 Å². The number of phenols is 1. The van der Waals surface area contributed by atoms with E-state index >= 15 is 0 Å². The summed E-state index contributed by atoms with van der Waals surface area (Å²) in [5.41, 5.74) is 1.72. The minimum absolute atomic E-state index is 0.0194. The van der Waals surface area contributed by atoms with Gasteiger partial charge in [0.05, 0.1) is 17.2 Å². The number of aromatic hydroxyl groups is 1. The third-order valence-corrected chi connectivity index (χ3v) is 5.39. The Balaban J connectivity index is 2.13. The number of likely N-dealkylation sites (tertiary alicyclic amines) is 1. The predicted octanol–water partition coefficient (Wildman–Crippen LogP) is 3.73. The van der Waals surface area contributed by atoms with E-state index in [0.717, 1.165) is 12.1 Å². The lowest BCUT2D eigenvalue weighted by molar-refractivity contribution is -0.139. The summed E-state index contributed by atoms with van der Waals surface area (Å²) in [6, 6.07) is 10.9. The number of hydrogen-bond donors (Lipinski definition) is 2. The summed E-state index contributed by atoms with van der Waals surface area (Å²) in [5.74, 6) is -2.10. The summed E-state index contributed by atoms with van der Waals surface area (Å²) < 4.78 is 0. The first-order chi connectivity index (χ1) is 14.2. The first-order valence-electron chi connectivity index (χ1n) is 9.69. The van der Waals surface area contributed by atoms with Crippen molar-refractivity contribution in [1.82, 2.24) is 9.80 Å². The van der Waals surface area contributed by atoms with E-state index in [1.807, 2.05) is 50.2 Å². The molecule has 1 heterocycles. The van der Waals surface area contributed by atoms with Crippen molar-refractivity contribution in [3.8, 4) is 5.75 Å². The molecule has 1 unspecified atom stereocenters.